The first-order valence-corrected chi connectivity index (χ1v) is 7.45. The molecule has 0 spiro atoms. The van der Waals surface area contributed by atoms with Gasteiger partial charge in [0.15, 0.2) is 0 Å². The van der Waals surface area contributed by atoms with E-state index < -0.39 is 5.60 Å². The van der Waals surface area contributed by atoms with Gasteiger partial charge in [-0.3, -0.25) is 9.69 Å². The predicted octanol–water partition coefficient (Wildman–Crippen LogP) is 1.01. The summed E-state index contributed by atoms with van der Waals surface area (Å²) in [6, 6.07) is 9.75. The number of β-amino-alcohol motifs (C(OH)–C–C–N with tert-alkyl or cyclic N) is 1. The minimum Gasteiger partial charge on any atom is -0.389 e. The number of hydrogen-bond acceptors (Lipinski definition) is 4. The lowest BCUT2D eigenvalue weighted by Gasteiger charge is -2.37. The first kappa shape index (κ1) is 15.8. The molecule has 1 aromatic rings. The van der Waals surface area contributed by atoms with Crippen molar-refractivity contribution in [1.29, 1.82) is 0 Å². The predicted molar refractivity (Wildman–Crippen MR) is 84.2 cm³/mol. The maximum atomic E-state index is 12.2. The molecule has 2 rings (SSSR count). The van der Waals surface area contributed by atoms with Gasteiger partial charge in [-0.15, -0.1) is 0 Å². The highest BCUT2D eigenvalue weighted by molar-refractivity contribution is 5.81. The van der Waals surface area contributed by atoms with E-state index in [1.54, 1.807) is 0 Å². The molecule has 5 heteroatoms. The normalized spacial score (nSPS) is 16.8. The number of rotatable bonds is 5. The Bertz CT molecular complexity index is 448. The Morgan fingerprint density at radius 1 is 1.19 bits per heavy atom. The topological polar surface area (TPSA) is 55.8 Å². The third-order valence-corrected chi connectivity index (χ3v) is 3.55. The zero-order valence-electron chi connectivity index (χ0n) is 12.9. The van der Waals surface area contributed by atoms with E-state index >= 15 is 0 Å². The number of hydrogen-bond donors (Lipinski definition) is 2. The first-order valence-electron chi connectivity index (χ1n) is 7.45. The highest BCUT2D eigenvalue weighted by Gasteiger charge is 2.24. The molecular formula is C16H25N3O2. The second kappa shape index (κ2) is 6.91. The van der Waals surface area contributed by atoms with E-state index in [-0.39, 0.29) is 5.91 Å². The maximum Gasteiger partial charge on any atom is 0.241 e. The van der Waals surface area contributed by atoms with Crippen molar-refractivity contribution in [3.8, 4) is 0 Å². The smallest absolute Gasteiger partial charge is 0.241 e. The van der Waals surface area contributed by atoms with Gasteiger partial charge >= 0.3 is 0 Å². The van der Waals surface area contributed by atoms with E-state index in [1.165, 1.54) is 0 Å². The molecule has 1 aliphatic rings. The van der Waals surface area contributed by atoms with Gasteiger partial charge in [-0.25, -0.2) is 0 Å². The summed E-state index contributed by atoms with van der Waals surface area (Å²) in [6.45, 7) is 7.70. The fourth-order valence-electron chi connectivity index (χ4n) is 2.55. The average molecular weight is 291 g/mol. The van der Waals surface area contributed by atoms with Crippen LogP contribution in [-0.4, -0.2) is 65.7 Å². The van der Waals surface area contributed by atoms with Crippen LogP contribution >= 0.6 is 0 Å². The van der Waals surface area contributed by atoms with Gasteiger partial charge < -0.3 is 15.3 Å². The molecule has 1 saturated heterocycles. The maximum absolute atomic E-state index is 12.2. The van der Waals surface area contributed by atoms with Crippen molar-refractivity contribution in [2.24, 2.45) is 0 Å². The Labute approximate surface area is 126 Å². The van der Waals surface area contributed by atoms with Crippen LogP contribution in [0.1, 0.15) is 13.8 Å². The molecule has 1 heterocycles. The summed E-state index contributed by atoms with van der Waals surface area (Å²) in [4.78, 5) is 16.2. The molecule has 0 unspecified atom stereocenters. The number of nitrogens with zero attached hydrogens (tertiary/aromatic N) is 2. The van der Waals surface area contributed by atoms with E-state index in [4.69, 9.17) is 0 Å². The summed E-state index contributed by atoms with van der Waals surface area (Å²) >= 11 is 0. The van der Waals surface area contributed by atoms with Crippen LogP contribution in [0.25, 0.3) is 0 Å². The molecule has 1 fully saturated rings. The zero-order valence-corrected chi connectivity index (χ0v) is 12.9. The Hall–Kier alpha value is -1.59. The van der Waals surface area contributed by atoms with Crippen molar-refractivity contribution in [1.82, 2.24) is 9.80 Å². The Morgan fingerprint density at radius 3 is 2.38 bits per heavy atom. The fraction of sp³-hybridized carbons (Fsp3) is 0.562. The minimum atomic E-state index is -0.680. The lowest BCUT2D eigenvalue weighted by atomic mass is 10.1. The molecule has 0 atom stereocenters. The first-order chi connectivity index (χ1) is 9.94. The molecular weight excluding hydrogens is 266 g/mol. The van der Waals surface area contributed by atoms with Crippen LogP contribution in [0.5, 0.6) is 0 Å². The third-order valence-electron chi connectivity index (χ3n) is 3.55. The van der Waals surface area contributed by atoms with Crippen LogP contribution in [0.2, 0.25) is 0 Å². The van der Waals surface area contributed by atoms with Gasteiger partial charge in [-0.1, -0.05) is 18.2 Å². The molecule has 5 nitrogen and oxygen atoms in total. The van der Waals surface area contributed by atoms with Gasteiger partial charge in [0.1, 0.15) is 0 Å². The average Bonchev–Trinajstić information content (AvgIpc) is 2.45. The van der Waals surface area contributed by atoms with Gasteiger partial charge in [0.25, 0.3) is 0 Å². The van der Waals surface area contributed by atoms with Crippen LogP contribution < -0.4 is 5.32 Å². The quantitative estimate of drug-likeness (QED) is 0.850. The Morgan fingerprint density at radius 2 is 1.81 bits per heavy atom. The molecule has 1 aliphatic heterocycles. The summed E-state index contributed by atoms with van der Waals surface area (Å²) < 4.78 is 0. The molecule has 0 saturated carbocycles. The number of amides is 1. The molecule has 1 aromatic carbocycles. The van der Waals surface area contributed by atoms with E-state index in [0.717, 1.165) is 31.9 Å². The number of para-hydroxylation sites is 1. The lowest BCUT2D eigenvalue weighted by molar-refractivity contribution is -0.131. The standard InChI is InChI=1S/C16H25N3O2/c1-16(2,21)13-18-8-10-19(11-9-18)15(20)12-17-14-6-4-3-5-7-14/h3-7,17,21H,8-13H2,1-2H3. The van der Waals surface area contributed by atoms with Crippen LogP contribution in [0.3, 0.4) is 0 Å². The van der Waals surface area contributed by atoms with Crippen molar-refractivity contribution < 1.29 is 9.90 Å². The Kier molecular flexibility index (Phi) is 5.20. The van der Waals surface area contributed by atoms with Crippen LogP contribution in [-0.2, 0) is 4.79 Å². The lowest BCUT2D eigenvalue weighted by Crippen LogP contribution is -2.52. The van der Waals surface area contributed by atoms with Crippen LogP contribution in [0.4, 0.5) is 5.69 Å². The molecule has 0 bridgehead atoms. The van der Waals surface area contributed by atoms with Crippen molar-refractivity contribution in [2.75, 3.05) is 44.6 Å². The highest BCUT2D eigenvalue weighted by atomic mass is 16.3. The number of carbonyl (C=O) groups excluding carboxylic acids is 1. The molecule has 0 aromatic heterocycles. The molecule has 0 aliphatic carbocycles. The molecule has 21 heavy (non-hydrogen) atoms. The van der Waals surface area contributed by atoms with Gasteiger partial charge in [0.2, 0.25) is 5.91 Å². The number of benzene rings is 1. The van der Waals surface area contributed by atoms with E-state index in [0.29, 0.717) is 13.1 Å². The number of nitrogens with one attached hydrogen (secondary N) is 1. The number of carbonyl (C=O) groups is 1. The van der Waals surface area contributed by atoms with Gasteiger partial charge in [-0.05, 0) is 26.0 Å². The second-order valence-corrected chi connectivity index (χ2v) is 6.19. The van der Waals surface area contributed by atoms with E-state index in [2.05, 4.69) is 10.2 Å². The zero-order chi connectivity index (χ0) is 15.3. The van der Waals surface area contributed by atoms with Crippen molar-refractivity contribution in [2.45, 2.75) is 19.4 Å². The van der Waals surface area contributed by atoms with Crippen LogP contribution in [0, 0.1) is 0 Å². The highest BCUT2D eigenvalue weighted by Crippen LogP contribution is 2.09. The minimum absolute atomic E-state index is 0.127. The monoisotopic (exact) mass is 291 g/mol. The van der Waals surface area contributed by atoms with E-state index in [1.807, 2.05) is 49.1 Å². The largest absolute Gasteiger partial charge is 0.389 e. The number of piperazine rings is 1. The second-order valence-electron chi connectivity index (χ2n) is 6.19. The number of aliphatic hydroxyl groups is 1. The molecule has 2 N–H and O–H groups in total. The summed E-state index contributed by atoms with van der Waals surface area (Å²) in [7, 11) is 0. The van der Waals surface area contributed by atoms with Gasteiger partial charge in [0.05, 0.1) is 12.1 Å². The number of anilines is 1. The van der Waals surface area contributed by atoms with Crippen LogP contribution in [0.15, 0.2) is 30.3 Å². The van der Waals surface area contributed by atoms with E-state index in [9.17, 15) is 9.90 Å². The molecule has 116 valence electrons. The third kappa shape index (κ3) is 5.36. The van der Waals surface area contributed by atoms with Crippen molar-refractivity contribution >= 4 is 11.6 Å². The van der Waals surface area contributed by atoms with Crippen molar-refractivity contribution in [3.05, 3.63) is 30.3 Å². The summed E-state index contributed by atoms with van der Waals surface area (Å²) in [5, 5.41) is 13.0. The van der Waals surface area contributed by atoms with Gasteiger partial charge in [-0.2, -0.15) is 0 Å². The SMILES string of the molecule is CC(C)(O)CN1CCN(C(=O)CNc2ccccc2)CC1. The fourth-order valence-corrected chi connectivity index (χ4v) is 2.55. The van der Waals surface area contributed by atoms with Gasteiger partial charge in [0, 0.05) is 38.4 Å². The molecule has 1 amide bonds. The van der Waals surface area contributed by atoms with Crippen molar-refractivity contribution in [3.63, 3.8) is 0 Å². The summed E-state index contributed by atoms with van der Waals surface area (Å²) in [6.07, 6.45) is 0. The Balaban J connectivity index is 1.73. The summed E-state index contributed by atoms with van der Waals surface area (Å²) in [5.74, 6) is 0.127. The summed E-state index contributed by atoms with van der Waals surface area (Å²) in [5.41, 5.74) is 0.285. The molecule has 0 radical (unpaired) electrons.